The van der Waals surface area contributed by atoms with Crippen LogP contribution in [0.2, 0.25) is 0 Å². The molecule has 1 aromatic heterocycles. The summed E-state index contributed by atoms with van der Waals surface area (Å²) in [5.74, 6) is 0.477. The van der Waals surface area contributed by atoms with Gasteiger partial charge in [0.2, 0.25) is 15.9 Å². The number of rotatable bonds is 6. The summed E-state index contributed by atoms with van der Waals surface area (Å²) in [5, 5.41) is 0.285. The van der Waals surface area contributed by atoms with Gasteiger partial charge in [-0.15, -0.1) is 0 Å². The van der Waals surface area contributed by atoms with Crippen molar-refractivity contribution < 1.29 is 32.3 Å². The molecule has 3 aromatic rings. The van der Waals surface area contributed by atoms with Gasteiger partial charge in [0.1, 0.15) is 11.4 Å². The van der Waals surface area contributed by atoms with Crippen molar-refractivity contribution in [3.8, 4) is 17.0 Å². The number of fused-ring (bicyclic) bond motifs is 9. The van der Waals surface area contributed by atoms with Crippen LogP contribution in [0.15, 0.2) is 36.4 Å². The Balaban J connectivity index is 1.23. The topological polar surface area (TPSA) is 127 Å². The molecule has 5 aliphatic rings. The fraction of sp³-hybridized carbons (Fsp3) is 0.575. The van der Waals surface area contributed by atoms with E-state index in [2.05, 4.69) is 21.4 Å². The van der Waals surface area contributed by atoms with E-state index in [1.807, 2.05) is 43.9 Å². The van der Waals surface area contributed by atoms with E-state index >= 15 is 4.79 Å². The number of aromatic nitrogens is 1. The number of hydrogen-bond acceptors (Lipinski definition) is 7. The summed E-state index contributed by atoms with van der Waals surface area (Å²) < 4.78 is 41.4. The lowest BCUT2D eigenvalue weighted by atomic mass is 9.81. The average molecular weight is 731 g/mol. The molecule has 8 rings (SSSR count). The summed E-state index contributed by atoms with van der Waals surface area (Å²) in [6.07, 6.45) is 6.69. The molecule has 11 nitrogen and oxygen atoms in total. The molecule has 52 heavy (non-hydrogen) atoms. The maximum Gasteiger partial charge on any atom is 0.410 e. The molecule has 2 bridgehead atoms. The number of benzene rings is 2. The number of likely N-dealkylation sites (tertiary alicyclic amines) is 2. The van der Waals surface area contributed by atoms with Gasteiger partial charge in [0.25, 0.3) is 5.91 Å². The van der Waals surface area contributed by atoms with Crippen LogP contribution in [-0.2, 0) is 26.1 Å². The van der Waals surface area contributed by atoms with Crippen molar-refractivity contribution in [3.05, 3.63) is 53.1 Å². The highest BCUT2D eigenvalue weighted by Crippen LogP contribution is 2.66. The average Bonchev–Trinajstić information content (AvgIpc) is 3.34. The van der Waals surface area contributed by atoms with E-state index in [-0.39, 0.29) is 35.6 Å². The van der Waals surface area contributed by atoms with Crippen molar-refractivity contribution in [2.45, 2.75) is 121 Å². The monoisotopic (exact) mass is 730 g/mol. The Morgan fingerprint density at radius 1 is 0.962 bits per heavy atom. The molecule has 3 amide bonds. The first-order valence-corrected chi connectivity index (χ1v) is 20.4. The largest absolute Gasteiger partial charge is 0.497 e. The Bertz CT molecular complexity index is 2090. The fourth-order valence-electron chi connectivity index (χ4n) is 9.47. The van der Waals surface area contributed by atoms with Gasteiger partial charge in [-0.25, -0.2) is 17.9 Å². The Hall–Kier alpha value is -4.06. The number of nitrogens with zero attached hydrogens (tertiary/aromatic N) is 3. The second-order valence-corrected chi connectivity index (χ2v) is 19.2. The number of carbonyl (C=O) groups excluding carboxylic acids is 3. The zero-order valence-electron chi connectivity index (χ0n) is 31.0. The molecule has 4 atom stereocenters. The van der Waals surface area contributed by atoms with Gasteiger partial charge >= 0.3 is 6.09 Å². The zero-order valence-corrected chi connectivity index (χ0v) is 31.8. The molecule has 3 aliphatic heterocycles. The predicted octanol–water partition coefficient (Wildman–Crippen LogP) is 6.54. The lowest BCUT2D eigenvalue weighted by Crippen LogP contribution is -2.53. The van der Waals surface area contributed by atoms with Gasteiger partial charge in [-0.2, -0.15) is 0 Å². The maximum atomic E-state index is 15.0. The summed E-state index contributed by atoms with van der Waals surface area (Å²) >= 11 is 0. The number of carbonyl (C=O) groups is 3. The lowest BCUT2D eigenvalue weighted by molar-refractivity contribution is -0.140. The summed E-state index contributed by atoms with van der Waals surface area (Å²) in [6.45, 7) is 10.0. The van der Waals surface area contributed by atoms with Gasteiger partial charge in [0.05, 0.1) is 35.6 Å². The molecule has 2 saturated carbocycles. The molecule has 0 spiro atoms. The summed E-state index contributed by atoms with van der Waals surface area (Å²) in [4.78, 5) is 45.3. The predicted molar refractivity (Wildman–Crippen MR) is 198 cm³/mol. The molecule has 4 heterocycles. The number of ether oxygens (including phenoxy) is 2. The van der Waals surface area contributed by atoms with E-state index in [9.17, 15) is 18.0 Å². The number of amides is 3. The molecule has 2 aromatic carbocycles. The Kier molecular flexibility index (Phi) is 8.24. The first-order chi connectivity index (χ1) is 24.6. The lowest BCUT2D eigenvalue weighted by Gasteiger charge is -2.37. The molecule has 278 valence electrons. The van der Waals surface area contributed by atoms with Gasteiger partial charge in [0.15, 0.2) is 0 Å². The molecule has 2 aliphatic carbocycles. The minimum atomic E-state index is -3.84. The number of sulfonamides is 1. The molecule has 12 heteroatoms. The molecule has 0 radical (unpaired) electrons. The Morgan fingerprint density at radius 3 is 2.33 bits per heavy atom. The van der Waals surface area contributed by atoms with E-state index < -0.39 is 32.2 Å². The molecule has 1 N–H and O–H groups in total. The molecule has 4 fully saturated rings. The minimum Gasteiger partial charge on any atom is -0.497 e. The number of hydrogen-bond donors (Lipinski definition) is 1. The van der Waals surface area contributed by atoms with Crippen LogP contribution in [0.4, 0.5) is 4.79 Å². The first-order valence-electron chi connectivity index (χ1n) is 18.8. The minimum absolute atomic E-state index is 0.0250. The van der Waals surface area contributed by atoms with E-state index in [0.717, 1.165) is 65.6 Å². The summed E-state index contributed by atoms with van der Waals surface area (Å²) in [5.41, 5.74) is 4.31. The highest BCUT2D eigenvalue weighted by atomic mass is 32.2. The van der Waals surface area contributed by atoms with Crippen LogP contribution in [0.25, 0.3) is 22.2 Å². The van der Waals surface area contributed by atoms with Crippen molar-refractivity contribution in [1.29, 1.82) is 0 Å². The van der Waals surface area contributed by atoms with Crippen LogP contribution < -0.4 is 9.46 Å². The van der Waals surface area contributed by atoms with Crippen LogP contribution >= 0.6 is 0 Å². The van der Waals surface area contributed by atoms with Gasteiger partial charge in [-0.3, -0.25) is 9.59 Å². The quantitative estimate of drug-likeness (QED) is 0.305. The van der Waals surface area contributed by atoms with E-state index in [0.29, 0.717) is 32.0 Å². The van der Waals surface area contributed by atoms with E-state index in [1.54, 1.807) is 31.9 Å². The highest BCUT2D eigenvalue weighted by molar-refractivity contribution is 7.90. The highest BCUT2D eigenvalue weighted by Gasteiger charge is 2.65. The third kappa shape index (κ3) is 5.67. The summed E-state index contributed by atoms with van der Waals surface area (Å²) in [7, 11) is -2.17. The van der Waals surface area contributed by atoms with Crippen LogP contribution in [0.3, 0.4) is 0 Å². The fourth-order valence-corrected chi connectivity index (χ4v) is 10.1. The normalized spacial score (nSPS) is 25.4. The molecule has 2 saturated heterocycles. The van der Waals surface area contributed by atoms with Gasteiger partial charge in [0, 0.05) is 47.6 Å². The van der Waals surface area contributed by atoms with Crippen LogP contribution in [0, 0.1) is 5.41 Å². The Labute approximate surface area is 306 Å². The second-order valence-electron chi connectivity index (χ2n) is 16.9. The van der Waals surface area contributed by atoms with Gasteiger partial charge in [-0.05, 0) is 108 Å². The zero-order chi connectivity index (χ0) is 36.9. The third-order valence-electron chi connectivity index (χ3n) is 12.2. The number of methoxy groups -OCH3 is 1. The van der Waals surface area contributed by atoms with E-state index in [4.69, 9.17) is 9.47 Å². The maximum absolute atomic E-state index is 15.0. The van der Waals surface area contributed by atoms with Crippen molar-refractivity contribution in [2.75, 3.05) is 20.2 Å². The van der Waals surface area contributed by atoms with Crippen molar-refractivity contribution in [3.63, 3.8) is 0 Å². The second kappa shape index (κ2) is 12.2. The van der Waals surface area contributed by atoms with Gasteiger partial charge < -0.3 is 23.8 Å². The first kappa shape index (κ1) is 35.0. The van der Waals surface area contributed by atoms with Crippen molar-refractivity contribution in [1.82, 2.24) is 19.1 Å². The van der Waals surface area contributed by atoms with Crippen LogP contribution in [0.1, 0.15) is 113 Å². The summed E-state index contributed by atoms with van der Waals surface area (Å²) in [6, 6.07) is 11.6. The standard InChI is InChI=1S/C40H50N4O7S/c1-23(2)52(48,49)41-36(45)25-12-14-30-33(16-25)44-22-40(37(46)42-20-27-17-26(42)21-43(27)38(47)51-39(3,4)5)19-32(40)31-18-28(50-6)13-15-29(31)35(44)34(30)24-10-8-7-9-11-24/h12-16,18,23-24,26-27,32H,7-11,17,19-22H2,1-6H3,(H,41,45)/t26-,27-,32?,40?/m0/s1. The number of nitrogens with one attached hydrogen (secondary N) is 1. The molecular weight excluding hydrogens is 681 g/mol. The van der Waals surface area contributed by atoms with Gasteiger partial charge in [-0.1, -0.05) is 25.3 Å². The SMILES string of the molecule is COc1ccc2c(c1)C1CC1(C(=O)N1C[C@@H]3C[C@H]1CN3C(=O)OC(C)(C)C)Cn1c-2c(C2CCCCC2)c2ccc(C(=O)NS(=O)(=O)C(C)C)cc21. The molecular formula is C40H50N4O7S. The van der Waals surface area contributed by atoms with E-state index in [1.165, 1.54) is 12.0 Å². The smallest absolute Gasteiger partial charge is 0.410 e. The van der Waals surface area contributed by atoms with Crippen LogP contribution in [-0.4, -0.2) is 83.8 Å². The van der Waals surface area contributed by atoms with Crippen LogP contribution in [0.5, 0.6) is 5.75 Å². The van der Waals surface area contributed by atoms with Crippen molar-refractivity contribution in [2.24, 2.45) is 5.41 Å². The third-order valence-corrected chi connectivity index (χ3v) is 13.9. The Morgan fingerprint density at radius 2 is 1.67 bits per heavy atom. The molecule has 2 unspecified atom stereocenters. The van der Waals surface area contributed by atoms with Crippen molar-refractivity contribution >= 4 is 38.8 Å². The number of piperazine rings is 1.